The van der Waals surface area contributed by atoms with Crippen LogP contribution in [0, 0.1) is 0 Å². The number of oxime groups is 1. The lowest BCUT2D eigenvalue weighted by molar-refractivity contribution is 0.198. The first-order valence-corrected chi connectivity index (χ1v) is 2.93. The Morgan fingerprint density at radius 3 is 1.78 bits per heavy atom. The van der Waals surface area contributed by atoms with E-state index in [-0.39, 0.29) is 0 Å². The lowest BCUT2D eigenvalue weighted by Gasteiger charge is -1.92. The summed E-state index contributed by atoms with van der Waals surface area (Å²) < 4.78 is 4.62. The Labute approximate surface area is 56.6 Å². The van der Waals surface area contributed by atoms with E-state index in [0.717, 1.165) is 0 Å². The third-order valence-corrected chi connectivity index (χ3v) is 0.515. The van der Waals surface area contributed by atoms with Gasteiger partial charge in [0.2, 0.25) is 5.90 Å². The van der Waals surface area contributed by atoms with Crippen molar-refractivity contribution >= 4 is 5.90 Å². The highest BCUT2D eigenvalue weighted by molar-refractivity contribution is 5.72. The lowest BCUT2D eigenvalue weighted by atomic mass is 10.8. The van der Waals surface area contributed by atoms with E-state index in [1.165, 1.54) is 14.2 Å². The van der Waals surface area contributed by atoms with Crippen molar-refractivity contribution in [2.75, 3.05) is 14.2 Å². The van der Waals surface area contributed by atoms with E-state index in [2.05, 4.69) is 14.7 Å². The van der Waals surface area contributed by atoms with Gasteiger partial charge in [0.05, 0.1) is 7.11 Å². The summed E-state index contributed by atoms with van der Waals surface area (Å²) in [6, 6.07) is 0. The first-order valence-electron chi connectivity index (χ1n) is 2.93. The van der Waals surface area contributed by atoms with Crippen LogP contribution in [0.15, 0.2) is 5.16 Å². The van der Waals surface area contributed by atoms with Gasteiger partial charge in [-0.3, -0.25) is 0 Å². The molecule has 0 rings (SSSR count). The van der Waals surface area contributed by atoms with Crippen molar-refractivity contribution in [1.82, 2.24) is 0 Å². The molecule has 56 valence electrons. The molecule has 3 nitrogen and oxygen atoms in total. The van der Waals surface area contributed by atoms with Gasteiger partial charge in [0.15, 0.2) is 0 Å². The summed E-state index contributed by atoms with van der Waals surface area (Å²) in [5, 5.41) is 3.44. The average Bonchev–Trinajstić information content (AvgIpc) is 1.93. The molecule has 0 atom stereocenters. The van der Waals surface area contributed by atoms with E-state index >= 15 is 0 Å². The molecule has 0 aromatic carbocycles. The molecule has 0 radical (unpaired) electrons. The van der Waals surface area contributed by atoms with E-state index < -0.39 is 0 Å². The molecule has 0 bridgehead atoms. The highest BCUT2D eigenvalue weighted by atomic mass is 16.6. The van der Waals surface area contributed by atoms with Crippen molar-refractivity contribution in [1.29, 1.82) is 0 Å². The van der Waals surface area contributed by atoms with Gasteiger partial charge < -0.3 is 9.57 Å². The highest BCUT2D eigenvalue weighted by Gasteiger charge is 1.79. The largest absolute Gasteiger partial charge is 0.482 e. The molecule has 0 aliphatic rings. The van der Waals surface area contributed by atoms with Crippen LogP contribution in [0.25, 0.3) is 0 Å². The second kappa shape index (κ2) is 10.3. The molecule has 9 heavy (non-hydrogen) atoms. The van der Waals surface area contributed by atoms with Crippen LogP contribution in [0.1, 0.15) is 20.8 Å². The maximum Gasteiger partial charge on any atom is 0.222 e. The number of hydrogen-bond donors (Lipinski definition) is 0. The highest BCUT2D eigenvalue weighted by Crippen LogP contribution is 1.75. The van der Waals surface area contributed by atoms with Gasteiger partial charge >= 0.3 is 0 Å². The van der Waals surface area contributed by atoms with Crippen LogP contribution in [0.2, 0.25) is 0 Å². The Kier molecular flexibility index (Phi) is 12.7. The molecule has 0 N–H and O–H groups in total. The second-order valence-electron chi connectivity index (χ2n) is 0.997. The van der Waals surface area contributed by atoms with Gasteiger partial charge in [-0.2, -0.15) is 0 Å². The van der Waals surface area contributed by atoms with Crippen molar-refractivity contribution in [3.05, 3.63) is 0 Å². The minimum absolute atomic E-state index is 0.530. The molecule has 0 saturated carbocycles. The molecule has 3 heteroatoms. The standard InChI is InChI=1S/C4H9NO2.C2H6/c1-4(6-2)5-7-3;1-2/h1-3H3;1-2H3/b5-4+;. The van der Waals surface area contributed by atoms with Crippen molar-refractivity contribution in [3.63, 3.8) is 0 Å². The summed E-state index contributed by atoms with van der Waals surface area (Å²) in [6.07, 6.45) is 0. The number of methoxy groups -OCH3 is 1. The van der Waals surface area contributed by atoms with E-state index in [1.54, 1.807) is 6.92 Å². The number of ether oxygens (including phenoxy) is 1. The van der Waals surface area contributed by atoms with Crippen LogP contribution in [0.4, 0.5) is 0 Å². The summed E-state index contributed by atoms with van der Waals surface area (Å²) in [6.45, 7) is 5.71. The first-order chi connectivity index (χ1) is 4.31. The number of rotatable bonds is 1. The van der Waals surface area contributed by atoms with Gasteiger partial charge in [-0.25, -0.2) is 0 Å². The minimum atomic E-state index is 0.530. The zero-order chi connectivity index (χ0) is 7.70. The molecule has 0 aromatic heterocycles. The van der Waals surface area contributed by atoms with Crippen molar-refractivity contribution in [3.8, 4) is 0 Å². The Balaban J connectivity index is 0. The molecule has 0 unspecified atom stereocenters. The van der Waals surface area contributed by atoms with Gasteiger partial charge in [-0.1, -0.05) is 19.0 Å². The minimum Gasteiger partial charge on any atom is -0.482 e. The molecule has 0 spiro atoms. The topological polar surface area (TPSA) is 30.8 Å². The molecule has 0 fully saturated rings. The third kappa shape index (κ3) is 11.1. The van der Waals surface area contributed by atoms with Crippen LogP contribution in [0.3, 0.4) is 0 Å². The molecule has 0 heterocycles. The molecular weight excluding hydrogens is 118 g/mol. The summed E-state index contributed by atoms with van der Waals surface area (Å²) in [5.41, 5.74) is 0. The smallest absolute Gasteiger partial charge is 0.222 e. The maximum atomic E-state index is 4.62. The van der Waals surface area contributed by atoms with Crippen LogP contribution >= 0.6 is 0 Å². The van der Waals surface area contributed by atoms with Gasteiger partial charge in [-0.05, 0) is 0 Å². The monoisotopic (exact) mass is 133 g/mol. The predicted octanol–water partition coefficient (Wildman–Crippen LogP) is 1.64. The summed E-state index contributed by atoms with van der Waals surface area (Å²) in [4.78, 5) is 4.36. The first kappa shape index (κ1) is 11.1. The molecule has 0 aliphatic carbocycles. The fourth-order valence-corrected chi connectivity index (χ4v) is 0.166. The Hall–Kier alpha value is -0.730. The third-order valence-electron chi connectivity index (χ3n) is 0.515. The van der Waals surface area contributed by atoms with Crippen LogP contribution < -0.4 is 0 Å². The summed E-state index contributed by atoms with van der Waals surface area (Å²) in [7, 11) is 3.01. The predicted molar refractivity (Wildman–Crippen MR) is 38.5 cm³/mol. The second-order valence-corrected chi connectivity index (χ2v) is 0.997. The normalized spacial score (nSPS) is 9.22. The fourth-order valence-electron chi connectivity index (χ4n) is 0.166. The average molecular weight is 133 g/mol. The van der Waals surface area contributed by atoms with E-state index in [4.69, 9.17) is 0 Å². The molecule has 0 saturated heterocycles. The number of hydrogen-bond acceptors (Lipinski definition) is 3. The Morgan fingerprint density at radius 2 is 1.67 bits per heavy atom. The van der Waals surface area contributed by atoms with Crippen LogP contribution in [-0.4, -0.2) is 20.1 Å². The molecular formula is C6H15NO2. The maximum absolute atomic E-state index is 4.62. The number of nitrogens with zero attached hydrogens (tertiary/aromatic N) is 1. The van der Waals surface area contributed by atoms with E-state index in [1.807, 2.05) is 13.8 Å². The van der Waals surface area contributed by atoms with Gasteiger partial charge in [-0.15, -0.1) is 0 Å². The SMILES string of the molecule is CC.CO/N=C(\C)OC. The van der Waals surface area contributed by atoms with Crippen molar-refractivity contribution in [2.24, 2.45) is 5.16 Å². The lowest BCUT2D eigenvalue weighted by Crippen LogP contribution is -1.92. The quantitative estimate of drug-likeness (QED) is 0.309. The molecule has 0 amide bonds. The molecule has 0 aliphatic heterocycles. The van der Waals surface area contributed by atoms with Gasteiger partial charge in [0, 0.05) is 6.92 Å². The van der Waals surface area contributed by atoms with Gasteiger partial charge in [0.1, 0.15) is 7.11 Å². The Bertz CT molecular complexity index is 71.5. The van der Waals surface area contributed by atoms with Crippen LogP contribution in [-0.2, 0) is 9.57 Å². The van der Waals surface area contributed by atoms with Crippen molar-refractivity contribution < 1.29 is 9.57 Å². The van der Waals surface area contributed by atoms with E-state index in [9.17, 15) is 0 Å². The zero-order valence-electron chi connectivity index (χ0n) is 6.76. The van der Waals surface area contributed by atoms with Crippen molar-refractivity contribution in [2.45, 2.75) is 20.8 Å². The zero-order valence-corrected chi connectivity index (χ0v) is 6.76. The Morgan fingerprint density at radius 1 is 1.22 bits per heavy atom. The van der Waals surface area contributed by atoms with E-state index in [0.29, 0.717) is 5.90 Å². The fraction of sp³-hybridized carbons (Fsp3) is 0.833. The van der Waals surface area contributed by atoms with Crippen LogP contribution in [0.5, 0.6) is 0 Å². The molecule has 0 aromatic rings. The summed E-state index contributed by atoms with van der Waals surface area (Å²) in [5.74, 6) is 0.530. The summed E-state index contributed by atoms with van der Waals surface area (Å²) >= 11 is 0. The van der Waals surface area contributed by atoms with Gasteiger partial charge in [0.25, 0.3) is 0 Å².